The van der Waals surface area contributed by atoms with Crippen molar-refractivity contribution in [1.29, 1.82) is 0 Å². The Morgan fingerprint density at radius 2 is 1.69 bits per heavy atom. The van der Waals surface area contributed by atoms with Gasteiger partial charge < -0.3 is 14.6 Å². The van der Waals surface area contributed by atoms with E-state index in [0.29, 0.717) is 0 Å². The van der Waals surface area contributed by atoms with Gasteiger partial charge in [-0.05, 0) is 6.08 Å². The number of carboxylic acid groups (broad SMARTS) is 1. The zero-order valence-corrected chi connectivity index (χ0v) is 9.56. The highest BCUT2D eigenvalue weighted by Crippen LogP contribution is 1.95. The van der Waals surface area contributed by atoms with Crippen molar-refractivity contribution in [2.45, 2.75) is 26.9 Å². The van der Waals surface area contributed by atoms with E-state index < -0.39 is 24.0 Å². The molecular formula is C10H16O6. The first-order valence-corrected chi connectivity index (χ1v) is 4.42. The standard InChI is InChI=1S/C8H12O4.C2H4O2/c1-4-8(12-7(3)10)5-11-6(2)9;1-2(3)4/h4,8H,1,5H2,2-3H3;1H3,(H,3,4). The Morgan fingerprint density at radius 3 is 1.94 bits per heavy atom. The molecule has 1 N–H and O–H groups in total. The Morgan fingerprint density at radius 1 is 1.25 bits per heavy atom. The largest absolute Gasteiger partial charge is 0.481 e. The molecule has 92 valence electrons. The lowest BCUT2D eigenvalue weighted by Gasteiger charge is -2.11. The van der Waals surface area contributed by atoms with Gasteiger partial charge >= 0.3 is 11.9 Å². The number of carbonyl (C=O) groups is 3. The Balaban J connectivity index is 0. The Bertz CT molecular complexity index is 254. The first-order chi connectivity index (χ1) is 7.29. The van der Waals surface area contributed by atoms with Crippen molar-refractivity contribution < 1.29 is 29.0 Å². The molecule has 0 saturated heterocycles. The summed E-state index contributed by atoms with van der Waals surface area (Å²) in [4.78, 5) is 29.8. The van der Waals surface area contributed by atoms with Crippen molar-refractivity contribution in [3.8, 4) is 0 Å². The number of hydrogen-bond acceptors (Lipinski definition) is 5. The molecule has 0 saturated carbocycles. The van der Waals surface area contributed by atoms with Gasteiger partial charge in [-0.25, -0.2) is 0 Å². The van der Waals surface area contributed by atoms with Gasteiger partial charge in [0.25, 0.3) is 5.97 Å². The van der Waals surface area contributed by atoms with Gasteiger partial charge in [-0.2, -0.15) is 0 Å². The van der Waals surface area contributed by atoms with E-state index >= 15 is 0 Å². The van der Waals surface area contributed by atoms with Crippen LogP contribution in [0.3, 0.4) is 0 Å². The van der Waals surface area contributed by atoms with Crippen molar-refractivity contribution in [1.82, 2.24) is 0 Å². The number of carboxylic acids is 1. The maximum atomic E-state index is 10.4. The summed E-state index contributed by atoms with van der Waals surface area (Å²) in [7, 11) is 0. The summed E-state index contributed by atoms with van der Waals surface area (Å²) in [5, 5.41) is 7.42. The Kier molecular flexibility index (Phi) is 10.0. The second-order valence-corrected chi connectivity index (χ2v) is 2.71. The van der Waals surface area contributed by atoms with Crippen LogP contribution in [0.2, 0.25) is 0 Å². The average Bonchev–Trinajstić information content (AvgIpc) is 2.10. The Labute approximate surface area is 93.8 Å². The van der Waals surface area contributed by atoms with E-state index in [2.05, 4.69) is 11.3 Å². The molecule has 16 heavy (non-hydrogen) atoms. The molecule has 6 heteroatoms. The molecule has 6 nitrogen and oxygen atoms in total. The molecule has 0 amide bonds. The van der Waals surface area contributed by atoms with E-state index in [4.69, 9.17) is 14.6 Å². The van der Waals surface area contributed by atoms with Gasteiger partial charge in [0.2, 0.25) is 0 Å². The Hall–Kier alpha value is -1.85. The molecule has 0 aliphatic heterocycles. The SMILES string of the molecule is C=CC(COC(C)=O)OC(C)=O.CC(=O)O. The van der Waals surface area contributed by atoms with Crippen LogP contribution < -0.4 is 0 Å². The zero-order chi connectivity index (χ0) is 13.1. The van der Waals surface area contributed by atoms with Crippen molar-refractivity contribution in [2.24, 2.45) is 0 Å². The first kappa shape index (κ1) is 16.6. The lowest BCUT2D eigenvalue weighted by molar-refractivity contribution is -0.153. The van der Waals surface area contributed by atoms with Crippen LogP contribution in [0.15, 0.2) is 12.7 Å². The fourth-order valence-corrected chi connectivity index (χ4v) is 0.563. The maximum absolute atomic E-state index is 10.4. The summed E-state index contributed by atoms with van der Waals surface area (Å²) >= 11 is 0. The molecule has 0 spiro atoms. The predicted molar refractivity (Wildman–Crippen MR) is 55.7 cm³/mol. The van der Waals surface area contributed by atoms with Gasteiger partial charge in [-0.3, -0.25) is 14.4 Å². The van der Waals surface area contributed by atoms with Gasteiger partial charge in [-0.15, -0.1) is 0 Å². The monoisotopic (exact) mass is 232 g/mol. The molecule has 0 bridgehead atoms. The summed E-state index contributed by atoms with van der Waals surface area (Å²) in [6, 6.07) is 0. The van der Waals surface area contributed by atoms with Gasteiger partial charge in [0.1, 0.15) is 6.61 Å². The van der Waals surface area contributed by atoms with E-state index in [1.807, 2.05) is 0 Å². The highest BCUT2D eigenvalue weighted by atomic mass is 16.6. The molecule has 0 aromatic carbocycles. The van der Waals surface area contributed by atoms with Crippen molar-refractivity contribution in [2.75, 3.05) is 6.61 Å². The quantitative estimate of drug-likeness (QED) is 0.568. The highest BCUT2D eigenvalue weighted by Gasteiger charge is 2.08. The lowest BCUT2D eigenvalue weighted by atomic mass is 10.4. The summed E-state index contributed by atoms with van der Waals surface area (Å²) < 4.78 is 9.32. The number of ether oxygens (including phenoxy) is 2. The van der Waals surface area contributed by atoms with Gasteiger partial charge in [-0.1, -0.05) is 6.58 Å². The summed E-state index contributed by atoms with van der Waals surface area (Å²) in [5.74, 6) is -1.67. The van der Waals surface area contributed by atoms with Crippen LogP contribution in [-0.2, 0) is 23.9 Å². The van der Waals surface area contributed by atoms with Crippen molar-refractivity contribution in [3.63, 3.8) is 0 Å². The van der Waals surface area contributed by atoms with Crippen LogP contribution >= 0.6 is 0 Å². The molecule has 0 aliphatic carbocycles. The molecule has 0 aliphatic rings. The fraction of sp³-hybridized carbons (Fsp3) is 0.500. The topological polar surface area (TPSA) is 89.9 Å². The van der Waals surface area contributed by atoms with E-state index in [-0.39, 0.29) is 6.61 Å². The van der Waals surface area contributed by atoms with Crippen LogP contribution in [0.5, 0.6) is 0 Å². The molecule has 0 heterocycles. The zero-order valence-electron chi connectivity index (χ0n) is 9.56. The lowest BCUT2D eigenvalue weighted by Crippen LogP contribution is -2.21. The summed E-state index contributed by atoms with van der Waals surface area (Å²) in [6.07, 6.45) is 0.857. The van der Waals surface area contributed by atoms with E-state index in [1.54, 1.807) is 0 Å². The number of aliphatic carboxylic acids is 1. The minimum Gasteiger partial charge on any atom is -0.481 e. The first-order valence-electron chi connectivity index (χ1n) is 4.42. The molecule has 0 radical (unpaired) electrons. The third-order valence-corrected chi connectivity index (χ3v) is 1.03. The smallest absolute Gasteiger partial charge is 0.303 e. The van der Waals surface area contributed by atoms with Gasteiger partial charge in [0, 0.05) is 20.8 Å². The number of carbonyl (C=O) groups excluding carboxylic acids is 2. The van der Waals surface area contributed by atoms with Crippen LogP contribution in [0.4, 0.5) is 0 Å². The van der Waals surface area contributed by atoms with E-state index in [0.717, 1.165) is 6.92 Å². The van der Waals surface area contributed by atoms with E-state index in [9.17, 15) is 9.59 Å². The fourth-order valence-electron chi connectivity index (χ4n) is 0.563. The molecular weight excluding hydrogens is 216 g/mol. The third-order valence-electron chi connectivity index (χ3n) is 1.03. The van der Waals surface area contributed by atoms with Crippen molar-refractivity contribution >= 4 is 17.9 Å². The van der Waals surface area contributed by atoms with Gasteiger partial charge in [0.15, 0.2) is 6.10 Å². The average molecular weight is 232 g/mol. The van der Waals surface area contributed by atoms with Crippen molar-refractivity contribution in [3.05, 3.63) is 12.7 Å². The summed E-state index contributed by atoms with van der Waals surface area (Å²) in [5.41, 5.74) is 0. The second kappa shape index (κ2) is 9.70. The molecule has 0 rings (SSSR count). The maximum Gasteiger partial charge on any atom is 0.303 e. The summed E-state index contributed by atoms with van der Waals surface area (Å²) in [6.45, 7) is 7.10. The molecule has 1 unspecified atom stereocenters. The van der Waals surface area contributed by atoms with Crippen LogP contribution in [0, 0.1) is 0 Å². The van der Waals surface area contributed by atoms with Crippen LogP contribution in [0.1, 0.15) is 20.8 Å². The minimum absolute atomic E-state index is 0.0262. The highest BCUT2D eigenvalue weighted by molar-refractivity contribution is 5.67. The third kappa shape index (κ3) is 18.0. The number of hydrogen-bond donors (Lipinski definition) is 1. The van der Waals surface area contributed by atoms with Crippen LogP contribution in [0.25, 0.3) is 0 Å². The van der Waals surface area contributed by atoms with Crippen LogP contribution in [-0.4, -0.2) is 35.7 Å². The van der Waals surface area contributed by atoms with Gasteiger partial charge in [0.05, 0.1) is 0 Å². The predicted octanol–water partition coefficient (Wildman–Crippen LogP) is 0.758. The minimum atomic E-state index is -0.833. The normalized spacial score (nSPS) is 10.2. The van der Waals surface area contributed by atoms with E-state index in [1.165, 1.54) is 19.9 Å². The molecule has 1 atom stereocenters. The second-order valence-electron chi connectivity index (χ2n) is 2.71. The molecule has 0 fully saturated rings. The molecule has 0 aromatic heterocycles. The molecule has 0 aromatic rings. The number of rotatable bonds is 4. The number of esters is 2.